The summed E-state index contributed by atoms with van der Waals surface area (Å²) in [5.74, 6) is -0.556. The summed E-state index contributed by atoms with van der Waals surface area (Å²) in [6.07, 6.45) is -3.03. The quantitative estimate of drug-likeness (QED) is 0.850. The van der Waals surface area contributed by atoms with Crippen LogP contribution in [0.15, 0.2) is 47.2 Å². The van der Waals surface area contributed by atoms with Crippen LogP contribution in [0.25, 0.3) is 0 Å². The van der Waals surface area contributed by atoms with Gasteiger partial charge in [0.25, 0.3) is 0 Å². The average molecular weight is 337 g/mol. The van der Waals surface area contributed by atoms with Gasteiger partial charge in [-0.05, 0) is 36.6 Å². The molecule has 24 heavy (non-hydrogen) atoms. The third-order valence-corrected chi connectivity index (χ3v) is 3.89. The lowest BCUT2D eigenvalue weighted by atomic mass is 9.88. The smallest absolute Gasteiger partial charge is 0.377 e. The molecule has 2 rings (SSSR count). The summed E-state index contributed by atoms with van der Waals surface area (Å²) in [4.78, 5) is 24.4. The van der Waals surface area contributed by atoms with E-state index in [1.54, 1.807) is 6.92 Å². The van der Waals surface area contributed by atoms with E-state index in [1.165, 1.54) is 18.2 Å². The summed E-state index contributed by atoms with van der Waals surface area (Å²) < 4.78 is 37.6. The maximum atomic E-state index is 12.5. The summed E-state index contributed by atoms with van der Waals surface area (Å²) in [7, 11) is 0. The van der Waals surface area contributed by atoms with E-state index in [-0.39, 0.29) is 29.7 Å². The number of allylic oxidation sites excluding steroid dienone is 3. The molecule has 0 saturated carbocycles. The molecule has 128 valence electrons. The van der Waals surface area contributed by atoms with E-state index < -0.39 is 11.7 Å². The highest BCUT2D eigenvalue weighted by Gasteiger charge is 2.30. The van der Waals surface area contributed by atoms with Gasteiger partial charge >= 0.3 is 6.18 Å². The predicted molar refractivity (Wildman–Crippen MR) is 83.9 cm³/mol. The first kappa shape index (κ1) is 18.0. The number of nitrogens with one attached hydrogen (secondary N) is 1. The molecule has 0 aliphatic heterocycles. The van der Waals surface area contributed by atoms with E-state index in [1.807, 2.05) is 13.8 Å². The van der Waals surface area contributed by atoms with Crippen molar-refractivity contribution in [3.8, 4) is 0 Å². The Kier molecular flexibility index (Phi) is 4.96. The lowest BCUT2D eigenvalue weighted by Gasteiger charge is -2.20. The van der Waals surface area contributed by atoms with Gasteiger partial charge in [0.05, 0.1) is 11.3 Å². The minimum absolute atomic E-state index is 0.0857. The lowest BCUT2D eigenvalue weighted by Crippen LogP contribution is -2.29. The normalized spacial score (nSPS) is 15.9. The molecule has 0 radical (unpaired) electrons. The molecule has 1 aliphatic carbocycles. The maximum absolute atomic E-state index is 12.5. The van der Waals surface area contributed by atoms with Crippen LogP contribution >= 0.6 is 0 Å². The summed E-state index contributed by atoms with van der Waals surface area (Å²) in [5.41, 5.74) is 0.822. The van der Waals surface area contributed by atoms with Gasteiger partial charge in [0.1, 0.15) is 0 Å². The second-order valence-corrected chi connectivity index (χ2v) is 6.00. The number of carbonyl (C=O) groups excluding carboxylic acids is 2. The molecular formula is C18H18F3NO2. The maximum Gasteiger partial charge on any atom is 0.416 e. The van der Waals surface area contributed by atoms with Gasteiger partial charge in [0, 0.05) is 17.7 Å². The topological polar surface area (TPSA) is 46.2 Å². The standard InChI is InChI=1S/C18H18F3NO2/c1-10(2)14-8-15(23)11(3)16(17(14)24)22-9-12-4-6-13(7-5-12)18(19,20)21/h4-8,10,22H,9H2,1-3H3. The van der Waals surface area contributed by atoms with Crippen molar-refractivity contribution in [2.24, 2.45) is 5.92 Å². The van der Waals surface area contributed by atoms with E-state index >= 15 is 0 Å². The van der Waals surface area contributed by atoms with Crippen LogP contribution in [0.3, 0.4) is 0 Å². The van der Waals surface area contributed by atoms with Gasteiger partial charge in [-0.3, -0.25) is 9.59 Å². The summed E-state index contributed by atoms with van der Waals surface area (Å²) >= 11 is 0. The first-order valence-electron chi connectivity index (χ1n) is 7.52. The fourth-order valence-corrected chi connectivity index (χ4v) is 2.40. The van der Waals surface area contributed by atoms with Crippen molar-refractivity contribution in [1.82, 2.24) is 5.32 Å². The third-order valence-electron chi connectivity index (χ3n) is 3.89. The van der Waals surface area contributed by atoms with Crippen molar-refractivity contribution in [2.75, 3.05) is 0 Å². The molecule has 0 atom stereocenters. The van der Waals surface area contributed by atoms with Gasteiger partial charge < -0.3 is 5.32 Å². The SMILES string of the molecule is CC1=C(NCc2ccc(C(F)(F)F)cc2)C(=O)C(C(C)C)=CC1=O. The fourth-order valence-electron chi connectivity index (χ4n) is 2.40. The highest BCUT2D eigenvalue weighted by Crippen LogP contribution is 2.29. The average Bonchev–Trinajstić information content (AvgIpc) is 2.50. The highest BCUT2D eigenvalue weighted by molar-refractivity contribution is 6.22. The minimum Gasteiger partial charge on any atom is -0.377 e. The number of hydrogen-bond donors (Lipinski definition) is 1. The van der Waals surface area contributed by atoms with Crippen molar-refractivity contribution >= 4 is 11.6 Å². The molecule has 0 unspecified atom stereocenters. The highest BCUT2D eigenvalue weighted by atomic mass is 19.4. The Morgan fingerprint density at radius 2 is 1.67 bits per heavy atom. The largest absolute Gasteiger partial charge is 0.416 e. The second kappa shape index (κ2) is 6.63. The molecule has 0 spiro atoms. The van der Waals surface area contributed by atoms with E-state index in [0.29, 0.717) is 16.7 Å². The summed E-state index contributed by atoms with van der Waals surface area (Å²) in [6, 6.07) is 4.68. The van der Waals surface area contributed by atoms with E-state index in [4.69, 9.17) is 0 Å². The van der Waals surface area contributed by atoms with Gasteiger partial charge in [0.15, 0.2) is 5.78 Å². The molecular weight excluding hydrogens is 319 g/mol. The Labute approximate surface area is 138 Å². The summed E-state index contributed by atoms with van der Waals surface area (Å²) in [6.45, 7) is 5.37. The molecule has 1 aromatic rings. The van der Waals surface area contributed by atoms with Crippen LogP contribution in [-0.4, -0.2) is 11.6 Å². The molecule has 6 heteroatoms. The van der Waals surface area contributed by atoms with Crippen LogP contribution in [0.4, 0.5) is 13.2 Å². The zero-order valence-electron chi connectivity index (χ0n) is 13.6. The molecule has 3 nitrogen and oxygen atoms in total. The Balaban J connectivity index is 2.15. The number of rotatable bonds is 4. The molecule has 1 aromatic carbocycles. The zero-order valence-corrected chi connectivity index (χ0v) is 13.6. The van der Waals surface area contributed by atoms with Crippen molar-refractivity contribution in [2.45, 2.75) is 33.5 Å². The van der Waals surface area contributed by atoms with Crippen LogP contribution in [0.2, 0.25) is 0 Å². The monoisotopic (exact) mass is 337 g/mol. The number of halogens is 3. The van der Waals surface area contributed by atoms with E-state index in [9.17, 15) is 22.8 Å². The first-order chi connectivity index (χ1) is 11.1. The van der Waals surface area contributed by atoms with Crippen molar-refractivity contribution in [3.63, 3.8) is 0 Å². The Morgan fingerprint density at radius 1 is 1.08 bits per heavy atom. The van der Waals surface area contributed by atoms with Crippen LogP contribution in [0.5, 0.6) is 0 Å². The molecule has 0 heterocycles. The molecule has 0 fully saturated rings. The second-order valence-electron chi connectivity index (χ2n) is 6.00. The number of hydrogen-bond acceptors (Lipinski definition) is 3. The first-order valence-corrected chi connectivity index (χ1v) is 7.52. The minimum atomic E-state index is -4.38. The van der Waals surface area contributed by atoms with Crippen LogP contribution < -0.4 is 5.32 Å². The van der Waals surface area contributed by atoms with Gasteiger partial charge in [0.2, 0.25) is 5.78 Å². The third kappa shape index (κ3) is 3.75. The van der Waals surface area contributed by atoms with Crippen LogP contribution in [-0.2, 0) is 22.3 Å². The molecule has 0 bridgehead atoms. The Hall–Kier alpha value is -2.37. The van der Waals surface area contributed by atoms with Crippen molar-refractivity contribution in [3.05, 3.63) is 58.3 Å². The zero-order chi connectivity index (χ0) is 18.1. The van der Waals surface area contributed by atoms with Crippen LogP contribution in [0.1, 0.15) is 31.9 Å². The number of Topliss-reactive ketones (excluding diaryl/α,β-unsaturated/α-hetero) is 1. The number of alkyl halides is 3. The Morgan fingerprint density at radius 3 is 2.17 bits per heavy atom. The lowest BCUT2D eigenvalue weighted by molar-refractivity contribution is -0.137. The van der Waals surface area contributed by atoms with Gasteiger partial charge in [-0.1, -0.05) is 26.0 Å². The molecule has 0 amide bonds. The van der Waals surface area contributed by atoms with Crippen molar-refractivity contribution in [1.29, 1.82) is 0 Å². The van der Waals surface area contributed by atoms with Gasteiger partial charge in [-0.25, -0.2) is 0 Å². The predicted octanol–water partition coefficient (Wildman–Crippen LogP) is 3.80. The van der Waals surface area contributed by atoms with E-state index in [2.05, 4.69) is 5.32 Å². The Bertz CT molecular complexity index is 726. The fraction of sp³-hybridized carbons (Fsp3) is 0.333. The number of carbonyl (C=O) groups is 2. The molecule has 1 aliphatic rings. The summed E-state index contributed by atoms with van der Waals surface area (Å²) in [5, 5.41) is 2.90. The van der Waals surface area contributed by atoms with Crippen molar-refractivity contribution < 1.29 is 22.8 Å². The van der Waals surface area contributed by atoms with Gasteiger partial charge in [-0.15, -0.1) is 0 Å². The molecule has 1 N–H and O–H groups in total. The number of benzene rings is 1. The van der Waals surface area contributed by atoms with E-state index in [0.717, 1.165) is 12.1 Å². The molecule has 0 saturated heterocycles. The van der Waals surface area contributed by atoms with Crippen LogP contribution in [0, 0.1) is 5.92 Å². The molecule has 0 aromatic heterocycles. The number of ketones is 2. The van der Waals surface area contributed by atoms with Gasteiger partial charge in [-0.2, -0.15) is 13.2 Å².